The van der Waals surface area contributed by atoms with Crippen LogP contribution in [0.15, 0.2) is 206 Å². The van der Waals surface area contributed by atoms with E-state index in [1.807, 2.05) is 0 Å². The Balaban J connectivity index is 1.10. The van der Waals surface area contributed by atoms with Crippen molar-refractivity contribution in [2.45, 2.75) is 5.41 Å². The maximum Gasteiger partial charge on any atom is 0.145 e. The van der Waals surface area contributed by atoms with Gasteiger partial charge in [-0.25, -0.2) is 4.98 Å². The van der Waals surface area contributed by atoms with Gasteiger partial charge in [0.05, 0.1) is 16.4 Å². The smallest absolute Gasteiger partial charge is 0.145 e. The van der Waals surface area contributed by atoms with E-state index in [4.69, 9.17) is 4.98 Å². The van der Waals surface area contributed by atoms with Crippen molar-refractivity contribution in [3.63, 3.8) is 0 Å². The molecular formula is C58H36N2. The van der Waals surface area contributed by atoms with Crippen molar-refractivity contribution >= 4 is 55.5 Å². The summed E-state index contributed by atoms with van der Waals surface area (Å²) in [5, 5.41) is 7.74. The summed E-state index contributed by atoms with van der Waals surface area (Å²) in [7, 11) is 0. The van der Waals surface area contributed by atoms with E-state index in [2.05, 4.69) is 223 Å². The quantitative estimate of drug-likeness (QED) is 0.164. The van der Waals surface area contributed by atoms with Crippen LogP contribution < -0.4 is 0 Å². The summed E-state index contributed by atoms with van der Waals surface area (Å²) in [5.41, 5.74) is 16.3. The van der Waals surface area contributed by atoms with E-state index in [1.165, 1.54) is 82.4 Å². The van der Waals surface area contributed by atoms with Gasteiger partial charge in [-0.1, -0.05) is 176 Å². The Hall–Kier alpha value is -7.81. The molecule has 2 nitrogen and oxygen atoms in total. The number of hydrogen-bond donors (Lipinski definition) is 0. The Kier molecular flexibility index (Phi) is 6.97. The van der Waals surface area contributed by atoms with Crippen molar-refractivity contribution in [3.8, 4) is 39.3 Å². The van der Waals surface area contributed by atoms with E-state index in [-0.39, 0.29) is 0 Å². The van der Waals surface area contributed by atoms with Crippen LogP contribution in [0.5, 0.6) is 0 Å². The first-order valence-electron chi connectivity index (χ1n) is 20.8. The van der Waals surface area contributed by atoms with Crippen LogP contribution in [-0.2, 0) is 5.41 Å². The molecule has 1 unspecified atom stereocenters. The highest BCUT2D eigenvalue weighted by molar-refractivity contribution is 6.26. The molecule has 0 aliphatic heterocycles. The topological polar surface area (TPSA) is 17.8 Å². The molecular weight excluding hydrogens is 725 g/mol. The molecule has 60 heavy (non-hydrogen) atoms. The lowest BCUT2D eigenvalue weighted by atomic mass is 9.65. The van der Waals surface area contributed by atoms with Crippen LogP contribution in [0.4, 0.5) is 0 Å². The molecule has 2 heteroatoms. The number of para-hydroxylation sites is 1. The van der Waals surface area contributed by atoms with Gasteiger partial charge in [0.1, 0.15) is 5.82 Å². The van der Waals surface area contributed by atoms with E-state index in [0.29, 0.717) is 0 Å². The molecule has 0 amide bonds. The van der Waals surface area contributed by atoms with E-state index in [0.717, 1.165) is 33.7 Å². The third-order valence-corrected chi connectivity index (χ3v) is 13.2. The minimum atomic E-state index is -0.572. The van der Waals surface area contributed by atoms with Crippen LogP contribution in [0.1, 0.15) is 33.4 Å². The van der Waals surface area contributed by atoms with Crippen molar-refractivity contribution in [3.05, 3.63) is 240 Å². The van der Waals surface area contributed by atoms with Crippen LogP contribution in [0.2, 0.25) is 0 Å². The van der Waals surface area contributed by atoms with E-state index < -0.39 is 5.41 Å². The van der Waals surface area contributed by atoms with Crippen LogP contribution in [0, 0.1) is 0 Å². The van der Waals surface area contributed by atoms with Gasteiger partial charge in [-0.15, -0.1) is 0 Å². The Labute approximate surface area is 348 Å². The second-order valence-corrected chi connectivity index (χ2v) is 16.2. The van der Waals surface area contributed by atoms with Crippen molar-refractivity contribution in [1.82, 2.24) is 9.55 Å². The molecule has 1 aromatic heterocycles. The summed E-state index contributed by atoms with van der Waals surface area (Å²) in [6.45, 7) is 0. The number of nitrogens with zero attached hydrogens (tertiary/aromatic N) is 2. The van der Waals surface area contributed by atoms with Gasteiger partial charge in [-0.2, -0.15) is 0 Å². The Morgan fingerprint density at radius 3 is 1.67 bits per heavy atom. The fourth-order valence-corrected chi connectivity index (χ4v) is 10.6. The monoisotopic (exact) mass is 760 g/mol. The number of rotatable bonds is 3. The highest BCUT2D eigenvalue weighted by Gasteiger charge is 2.48. The van der Waals surface area contributed by atoms with Crippen molar-refractivity contribution < 1.29 is 0 Å². The van der Waals surface area contributed by atoms with Gasteiger partial charge in [-0.05, 0) is 130 Å². The van der Waals surface area contributed by atoms with Gasteiger partial charge >= 0.3 is 0 Å². The SMILES string of the molecule is C1=Cc2ccc(-c3ccc4c(c3)nc(-c3ccccc3)n4-c3ccccc3)cc2C2(c3ccccc31)c1ccccc1-c1cc3c4ccccc4c4ccccc4c3cc12. The van der Waals surface area contributed by atoms with Crippen LogP contribution in [0.25, 0.3) is 94.8 Å². The number of fused-ring (bicyclic) bond motifs is 16. The van der Waals surface area contributed by atoms with Gasteiger partial charge in [-0.3, -0.25) is 4.57 Å². The van der Waals surface area contributed by atoms with Crippen molar-refractivity contribution in [2.75, 3.05) is 0 Å². The second-order valence-electron chi connectivity index (χ2n) is 16.2. The molecule has 278 valence electrons. The summed E-state index contributed by atoms with van der Waals surface area (Å²) in [6.07, 6.45) is 4.65. The average Bonchev–Trinajstić information content (AvgIpc) is 3.79. The molecule has 1 atom stereocenters. The number of benzene rings is 10. The lowest BCUT2D eigenvalue weighted by Gasteiger charge is -2.36. The summed E-state index contributed by atoms with van der Waals surface area (Å²) in [4.78, 5) is 5.34. The first-order chi connectivity index (χ1) is 29.8. The van der Waals surface area contributed by atoms with Crippen LogP contribution in [0.3, 0.4) is 0 Å². The maximum absolute atomic E-state index is 5.34. The zero-order chi connectivity index (χ0) is 39.4. The molecule has 0 fully saturated rings. The molecule has 13 rings (SSSR count). The molecule has 0 N–H and O–H groups in total. The van der Waals surface area contributed by atoms with Gasteiger partial charge in [0.15, 0.2) is 0 Å². The Morgan fingerprint density at radius 1 is 0.350 bits per heavy atom. The Bertz CT molecular complexity index is 3590. The molecule has 0 saturated heterocycles. The maximum atomic E-state index is 5.34. The lowest BCUT2D eigenvalue weighted by Crippen LogP contribution is -2.30. The number of aromatic nitrogens is 2. The minimum absolute atomic E-state index is 0.572. The van der Waals surface area contributed by atoms with Gasteiger partial charge < -0.3 is 0 Å². The lowest BCUT2D eigenvalue weighted by molar-refractivity contribution is 0.768. The molecule has 0 saturated carbocycles. The summed E-state index contributed by atoms with van der Waals surface area (Å²) >= 11 is 0. The van der Waals surface area contributed by atoms with Crippen molar-refractivity contribution in [1.29, 1.82) is 0 Å². The van der Waals surface area contributed by atoms with Gasteiger partial charge in [0.25, 0.3) is 0 Å². The van der Waals surface area contributed by atoms with Gasteiger partial charge in [0, 0.05) is 11.3 Å². The molecule has 11 aromatic rings. The highest BCUT2D eigenvalue weighted by atomic mass is 15.1. The molecule has 0 radical (unpaired) electrons. The summed E-state index contributed by atoms with van der Waals surface area (Å²) in [6, 6.07) is 76.1. The second kappa shape index (κ2) is 12.6. The molecule has 10 aromatic carbocycles. The standard InChI is InChI=1S/C58H36N2/c1-3-16-39(17-4-1)57-59-55-34-41(31-32-56(55)60(57)42-18-5-2-6-19-42)40-30-29-38-28-27-37-15-7-13-25-51(37)58(53(38)33-40)52-26-14-12-24-47(52)50-35-48-45-22-10-8-20-43(45)44-21-9-11-23-46(44)49(48)36-54(50)58/h1-36H. The Morgan fingerprint density at radius 2 is 0.917 bits per heavy atom. The third kappa shape index (κ3) is 4.56. The first kappa shape index (κ1) is 33.2. The predicted molar refractivity (Wildman–Crippen MR) is 251 cm³/mol. The number of imidazole rings is 1. The largest absolute Gasteiger partial charge is 0.292 e. The molecule has 2 aliphatic rings. The molecule has 2 aliphatic carbocycles. The fraction of sp³-hybridized carbons (Fsp3) is 0.0172. The normalized spacial score (nSPS) is 15.0. The van der Waals surface area contributed by atoms with Crippen LogP contribution in [-0.4, -0.2) is 9.55 Å². The molecule has 0 bridgehead atoms. The molecule has 1 heterocycles. The molecule has 1 spiro atoms. The average molecular weight is 761 g/mol. The first-order valence-corrected chi connectivity index (χ1v) is 20.8. The number of hydrogen-bond acceptors (Lipinski definition) is 1. The van der Waals surface area contributed by atoms with E-state index in [9.17, 15) is 0 Å². The summed E-state index contributed by atoms with van der Waals surface area (Å²) < 4.78 is 2.28. The van der Waals surface area contributed by atoms with E-state index >= 15 is 0 Å². The predicted octanol–water partition coefficient (Wildman–Crippen LogP) is 14.7. The minimum Gasteiger partial charge on any atom is -0.292 e. The van der Waals surface area contributed by atoms with Crippen LogP contribution >= 0.6 is 0 Å². The van der Waals surface area contributed by atoms with Gasteiger partial charge in [0.2, 0.25) is 0 Å². The van der Waals surface area contributed by atoms with Crippen molar-refractivity contribution in [2.24, 2.45) is 0 Å². The third-order valence-electron chi connectivity index (χ3n) is 13.2. The van der Waals surface area contributed by atoms with E-state index in [1.54, 1.807) is 0 Å². The zero-order valence-corrected chi connectivity index (χ0v) is 32.7. The highest BCUT2D eigenvalue weighted by Crippen LogP contribution is 2.60. The summed E-state index contributed by atoms with van der Waals surface area (Å²) in [5.74, 6) is 0.934. The fourth-order valence-electron chi connectivity index (χ4n) is 10.6. The zero-order valence-electron chi connectivity index (χ0n) is 32.7.